The number of carbonyl (C=O) groups is 3. The van der Waals surface area contributed by atoms with Gasteiger partial charge in [0.1, 0.15) is 10.9 Å². The topological polar surface area (TPSA) is 150 Å². The first-order valence-electron chi connectivity index (χ1n) is 11.7. The molecular weight excluding hydrogens is 470 g/mol. The molecule has 10 nitrogen and oxygen atoms in total. The van der Waals surface area contributed by atoms with Gasteiger partial charge in [-0.15, -0.1) is 0 Å². The number of ether oxygens (including phenoxy) is 2. The molecule has 3 rings (SSSR count). The van der Waals surface area contributed by atoms with Crippen LogP contribution >= 0.6 is 11.5 Å². The number of hydrogen-bond donors (Lipinski definition) is 3. The number of unbranched alkanes of at least 4 members (excludes halogenated alkanes) is 1. The van der Waals surface area contributed by atoms with Crippen LogP contribution in [0.4, 0.5) is 11.4 Å². The van der Waals surface area contributed by atoms with Gasteiger partial charge in [0.25, 0.3) is 11.8 Å². The van der Waals surface area contributed by atoms with Crippen molar-refractivity contribution in [2.75, 3.05) is 24.9 Å². The smallest absolute Gasteiger partial charge is 0.272 e. The van der Waals surface area contributed by atoms with Crippen LogP contribution in [-0.4, -0.2) is 48.4 Å². The van der Waals surface area contributed by atoms with E-state index in [0.29, 0.717) is 23.6 Å². The van der Waals surface area contributed by atoms with E-state index in [4.69, 9.17) is 20.9 Å². The summed E-state index contributed by atoms with van der Waals surface area (Å²) in [6.07, 6.45) is 5.98. The molecule has 2 aromatic rings. The maximum atomic E-state index is 13.9. The third-order valence-electron chi connectivity index (χ3n) is 6.17. The lowest BCUT2D eigenvalue weighted by Crippen LogP contribution is -2.51. The molecule has 1 aliphatic carbocycles. The minimum atomic E-state index is -0.822. The number of anilines is 2. The lowest BCUT2D eigenvalue weighted by Gasteiger charge is -2.32. The van der Waals surface area contributed by atoms with Gasteiger partial charge in [-0.2, -0.15) is 4.37 Å². The van der Waals surface area contributed by atoms with Crippen molar-refractivity contribution in [2.45, 2.75) is 64.0 Å². The van der Waals surface area contributed by atoms with Crippen molar-refractivity contribution < 1.29 is 23.9 Å². The van der Waals surface area contributed by atoms with Gasteiger partial charge in [0, 0.05) is 17.8 Å². The fraction of sp³-hybridized carbons (Fsp3) is 0.500. The van der Waals surface area contributed by atoms with Crippen molar-refractivity contribution >= 4 is 40.6 Å². The van der Waals surface area contributed by atoms with E-state index in [-0.39, 0.29) is 28.2 Å². The summed E-state index contributed by atoms with van der Waals surface area (Å²) in [5, 5.41) is 3.13. The second kappa shape index (κ2) is 11.9. The third kappa shape index (κ3) is 5.84. The molecule has 0 aliphatic heterocycles. The van der Waals surface area contributed by atoms with Crippen LogP contribution in [0.1, 0.15) is 72.0 Å². The maximum absolute atomic E-state index is 13.9. The minimum absolute atomic E-state index is 0.0451. The Labute approximate surface area is 209 Å². The molecule has 1 fully saturated rings. The highest BCUT2D eigenvalue weighted by Gasteiger charge is 2.36. The number of carbonyl (C=O) groups excluding carboxylic acids is 3. The van der Waals surface area contributed by atoms with E-state index < -0.39 is 17.9 Å². The first kappa shape index (κ1) is 26.3. The third-order valence-corrected chi connectivity index (χ3v) is 7.02. The van der Waals surface area contributed by atoms with Crippen molar-refractivity contribution in [3.63, 3.8) is 0 Å². The molecule has 1 unspecified atom stereocenters. The van der Waals surface area contributed by atoms with Gasteiger partial charge in [-0.05, 0) is 42.9 Å². The molecule has 0 bridgehead atoms. The summed E-state index contributed by atoms with van der Waals surface area (Å²) < 4.78 is 14.8. The molecule has 1 atom stereocenters. The summed E-state index contributed by atoms with van der Waals surface area (Å²) in [5.41, 5.74) is 11.6. The second-order valence-electron chi connectivity index (χ2n) is 8.50. The average molecular weight is 504 g/mol. The Morgan fingerprint density at radius 3 is 2.46 bits per heavy atom. The van der Waals surface area contributed by atoms with Gasteiger partial charge in [0.05, 0.1) is 19.9 Å². The molecule has 1 aromatic carbocycles. The van der Waals surface area contributed by atoms with Crippen LogP contribution in [0.5, 0.6) is 11.5 Å². The lowest BCUT2D eigenvalue weighted by atomic mass is 10.0. The monoisotopic (exact) mass is 503 g/mol. The fourth-order valence-electron chi connectivity index (χ4n) is 4.29. The van der Waals surface area contributed by atoms with Gasteiger partial charge >= 0.3 is 0 Å². The van der Waals surface area contributed by atoms with Crippen molar-refractivity contribution in [3.05, 3.63) is 28.8 Å². The van der Waals surface area contributed by atoms with Crippen LogP contribution in [0.25, 0.3) is 0 Å². The molecule has 1 aromatic heterocycles. The van der Waals surface area contributed by atoms with Gasteiger partial charge in [-0.3, -0.25) is 19.3 Å². The second-order valence-corrected chi connectivity index (χ2v) is 9.27. The van der Waals surface area contributed by atoms with E-state index in [2.05, 4.69) is 9.69 Å². The van der Waals surface area contributed by atoms with Crippen LogP contribution in [-0.2, 0) is 4.79 Å². The largest absolute Gasteiger partial charge is 0.493 e. The number of aromatic nitrogens is 1. The molecule has 0 spiro atoms. The SMILES string of the molecule is CCCCC(C(=O)NC1CCCC1)N(C(=O)c1snc(C(N)=O)c1N)c1ccc(OC)c(OC)c1. The normalized spacial score (nSPS) is 14.4. The summed E-state index contributed by atoms with van der Waals surface area (Å²) in [4.78, 5) is 40.6. The van der Waals surface area contributed by atoms with Crippen LogP contribution in [0, 0.1) is 0 Å². The summed E-state index contributed by atoms with van der Waals surface area (Å²) in [5.74, 6) is -0.702. The van der Waals surface area contributed by atoms with E-state index in [9.17, 15) is 14.4 Å². The van der Waals surface area contributed by atoms with Gasteiger partial charge in [-0.25, -0.2) is 0 Å². The zero-order valence-corrected chi connectivity index (χ0v) is 21.2. The summed E-state index contributed by atoms with van der Waals surface area (Å²) in [6, 6.07) is 4.28. The summed E-state index contributed by atoms with van der Waals surface area (Å²) in [6.45, 7) is 2.02. The Morgan fingerprint density at radius 1 is 1.20 bits per heavy atom. The number of nitrogens with zero attached hydrogens (tertiary/aromatic N) is 2. The Balaban J connectivity index is 2.09. The molecule has 190 valence electrons. The van der Waals surface area contributed by atoms with Gasteiger partial charge in [0.15, 0.2) is 17.2 Å². The predicted octanol–water partition coefficient (Wildman–Crippen LogP) is 3.11. The zero-order valence-electron chi connectivity index (χ0n) is 20.3. The molecule has 1 saturated carbocycles. The van der Waals surface area contributed by atoms with Gasteiger partial charge in [0.2, 0.25) is 5.91 Å². The van der Waals surface area contributed by atoms with Crippen molar-refractivity contribution in [2.24, 2.45) is 5.73 Å². The Bertz CT molecular complexity index is 1070. The van der Waals surface area contributed by atoms with Crippen molar-refractivity contribution in [3.8, 4) is 11.5 Å². The van der Waals surface area contributed by atoms with Crippen LogP contribution < -0.4 is 31.2 Å². The number of nitrogens with two attached hydrogens (primary N) is 2. The summed E-state index contributed by atoms with van der Waals surface area (Å²) >= 11 is 0.784. The number of nitrogen functional groups attached to an aromatic ring is 1. The maximum Gasteiger partial charge on any atom is 0.272 e. The van der Waals surface area contributed by atoms with E-state index in [1.165, 1.54) is 19.1 Å². The van der Waals surface area contributed by atoms with Crippen molar-refractivity contribution in [1.29, 1.82) is 0 Å². The highest BCUT2D eigenvalue weighted by molar-refractivity contribution is 7.09. The number of nitrogens with one attached hydrogen (secondary N) is 1. The standard InChI is InChI=1S/C24H33N5O5S/c1-4-5-10-16(23(31)27-14-8-6-7-9-14)29(15-11-12-17(33-2)18(13-15)34-3)24(32)21-19(25)20(22(26)30)28-35-21/h11-14,16H,4-10,25H2,1-3H3,(H2,26,30)(H,27,31). The van der Waals surface area contributed by atoms with E-state index >= 15 is 0 Å². The Hall–Kier alpha value is -3.34. The molecule has 3 amide bonds. The van der Waals surface area contributed by atoms with E-state index in [1.807, 2.05) is 6.92 Å². The fourth-order valence-corrected chi connectivity index (χ4v) is 5.04. The molecule has 0 saturated heterocycles. The minimum Gasteiger partial charge on any atom is -0.493 e. The predicted molar refractivity (Wildman–Crippen MR) is 135 cm³/mol. The first-order chi connectivity index (χ1) is 16.8. The lowest BCUT2D eigenvalue weighted by molar-refractivity contribution is -0.123. The Morgan fingerprint density at radius 2 is 1.89 bits per heavy atom. The molecule has 5 N–H and O–H groups in total. The molecular formula is C24H33N5O5S. The molecule has 1 aliphatic rings. The first-order valence-corrected chi connectivity index (χ1v) is 12.5. The van der Waals surface area contributed by atoms with Crippen LogP contribution in [0.2, 0.25) is 0 Å². The molecule has 0 radical (unpaired) electrons. The zero-order chi connectivity index (χ0) is 25.5. The number of amides is 3. The van der Waals surface area contributed by atoms with Gasteiger partial charge < -0.3 is 26.3 Å². The molecule has 1 heterocycles. The van der Waals surface area contributed by atoms with E-state index in [1.54, 1.807) is 18.2 Å². The number of methoxy groups -OCH3 is 2. The number of rotatable bonds is 11. The average Bonchev–Trinajstić information content (AvgIpc) is 3.50. The van der Waals surface area contributed by atoms with Gasteiger partial charge in [-0.1, -0.05) is 32.6 Å². The summed E-state index contributed by atoms with van der Waals surface area (Å²) in [7, 11) is 3.01. The number of hydrogen-bond acceptors (Lipinski definition) is 8. The van der Waals surface area contributed by atoms with E-state index in [0.717, 1.165) is 50.1 Å². The highest BCUT2D eigenvalue weighted by Crippen LogP contribution is 2.35. The van der Waals surface area contributed by atoms with Crippen LogP contribution in [0.15, 0.2) is 18.2 Å². The Kier molecular flexibility index (Phi) is 8.91. The van der Waals surface area contributed by atoms with Crippen molar-refractivity contribution in [1.82, 2.24) is 9.69 Å². The quantitative estimate of drug-likeness (QED) is 0.426. The molecule has 35 heavy (non-hydrogen) atoms. The van der Waals surface area contributed by atoms with Crippen LogP contribution in [0.3, 0.4) is 0 Å². The number of benzene rings is 1. The number of primary amides is 1. The highest BCUT2D eigenvalue weighted by atomic mass is 32.1. The molecule has 11 heteroatoms.